The average molecular weight is 218 g/mol. The van der Waals surface area contributed by atoms with E-state index in [1.54, 1.807) is 20.8 Å². The molecule has 0 unspecified atom stereocenters. The molecule has 88 valence electrons. The lowest BCUT2D eigenvalue weighted by Gasteiger charge is -2.20. The van der Waals surface area contributed by atoms with E-state index in [0.29, 0.717) is 19.5 Å². The Morgan fingerprint density at radius 3 is 2.73 bits per heavy atom. The Labute approximate surface area is 89.6 Å². The maximum absolute atomic E-state index is 12.8. The van der Waals surface area contributed by atoms with Crippen LogP contribution in [0.5, 0.6) is 0 Å². The highest BCUT2D eigenvalue weighted by molar-refractivity contribution is 5.67. The molecule has 0 aromatic carbocycles. The van der Waals surface area contributed by atoms with Crippen molar-refractivity contribution < 1.29 is 13.9 Å². The molecule has 0 aromatic rings. The minimum absolute atomic E-state index is 0.0209. The third-order valence-corrected chi connectivity index (χ3v) is 2.06. The zero-order valence-electron chi connectivity index (χ0n) is 9.47. The molecule has 1 aliphatic rings. The highest BCUT2D eigenvalue weighted by atomic mass is 19.1. The minimum atomic E-state index is -0.796. The Bertz CT molecular complexity index is 228. The van der Waals surface area contributed by atoms with Gasteiger partial charge in [-0.25, -0.2) is 9.18 Å². The molecule has 5 heteroatoms. The van der Waals surface area contributed by atoms with Crippen LogP contribution in [-0.2, 0) is 4.74 Å². The molecule has 0 aliphatic carbocycles. The lowest BCUT2D eigenvalue weighted by atomic mass is 10.2. The number of alkyl carbamates (subject to hydrolysis) is 1. The monoisotopic (exact) mass is 218 g/mol. The topological polar surface area (TPSA) is 50.4 Å². The van der Waals surface area contributed by atoms with Gasteiger partial charge in [-0.1, -0.05) is 0 Å². The minimum Gasteiger partial charge on any atom is -0.444 e. The van der Waals surface area contributed by atoms with Crippen molar-refractivity contribution in [2.75, 3.05) is 13.1 Å². The van der Waals surface area contributed by atoms with Crippen LogP contribution in [0.1, 0.15) is 27.2 Å². The normalized spacial score (nSPS) is 26.4. The molecule has 1 saturated heterocycles. The number of carbonyl (C=O) groups excluding carboxylic acids is 1. The number of nitrogens with one attached hydrogen (secondary N) is 2. The predicted molar refractivity (Wildman–Crippen MR) is 55.5 cm³/mol. The average Bonchev–Trinajstić information content (AvgIpc) is 2.45. The van der Waals surface area contributed by atoms with Crippen LogP contribution >= 0.6 is 0 Å². The van der Waals surface area contributed by atoms with Crippen LogP contribution in [0.4, 0.5) is 9.18 Å². The largest absolute Gasteiger partial charge is 0.444 e. The van der Waals surface area contributed by atoms with Gasteiger partial charge in [0.15, 0.2) is 0 Å². The molecule has 0 radical (unpaired) electrons. The number of halogens is 1. The molecule has 2 N–H and O–H groups in total. The Balaban J connectivity index is 2.17. The highest BCUT2D eigenvalue weighted by Gasteiger charge is 2.24. The van der Waals surface area contributed by atoms with Crippen LogP contribution < -0.4 is 10.6 Å². The second kappa shape index (κ2) is 4.79. The quantitative estimate of drug-likeness (QED) is 0.732. The van der Waals surface area contributed by atoms with Crippen LogP contribution in [0.15, 0.2) is 0 Å². The van der Waals surface area contributed by atoms with Crippen LogP contribution in [0.25, 0.3) is 0 Å². The van der Waals surface area contributed by atoms with Gasteiger partial charge in [0.25, 0.3) is 0 Å². The van der Waals surface area contributed by atoms with Crippen molar-refractivity contribution in [3.8, 4) is 0 Å². The van der Waals surface area contributed by atoms with Gasteiger partial charge < -0.3 is 15.4 Å². The van der Waals surface area contributed by atoms with E-state index < -0.39 is 17.9 Å². The van der Waals surface area contributed by atoms with Crippen molar-refractivity contribution >= 4 is 6.09 Å². The Morgan fingerprint density at radius 2 is 2.27 bits per heavy atom. The summed E-state index contributed by atoms with van der Waals surface area (Å²) in [5.41, 5.74) is -0.490. The van der Waals surface area contributed by atoms with Gasteiger partial charge in [0.2, 0.25) is 0 Å². The SMILES string of the molecule is CC(C)(C)OC(=O)NC[C@H]1C[C@@H](F)CN1. The van der Waals surface area contributed by atoms with Crippen molar-refractivity contribution in [3.63, 3.8) is 0 Å². The summed E-state index contributed by atoms with van der Waals surface area (Å²) in [6, 6.07) is 0.0209. The summed E-state index contributed by atoms with van der Waals surface area (Å²) >= 11 is 0. The summed E-state index contributed by atoms with van der Waals surface area (Å²) in [5.74, 6) is 0. The first kappa shape index (κ1) is 12.2. The Morgan fingerprint density at radius 1 is 1.60 bits per heavy atom. The van der Waals surface area contributed by atoms with E-state index in [1.807, 2.05) is 0 Å². The first-order valence-electron chi connectivity index (χ1n) is 5.21. The molecule has 1 fully saturated rings. The van der Waals surface area contributed by atoms with Crippen LogP contribution in [0.2, 0.25) is 0 Å². The fourth-order valence-corrected chi connectivity index (χ4v) is 1.45. The molecular weight excluding hydrogens is 199 g/mol. The molecule has 0 bridgehead atoms. The van der Waals surface area contributed by atoms with Crippen LogP contribution in [-0.4, -0.2) is 37.0 Å². The molecule has 1 rings (SSSR count). The highest BCUT2D eigenvalue weighted by Crippen LogP contribution is 2.10. The molecular formula is C10H19FN2O2. The van der Waals surface area contributed by atoms with E-state index >= 15 is 0 Å². The number of ether oxygens (including phenoxy) is 1. The Hall–Kier alpha value is -0.840. The lowest BCUT2D eigenvalue weighted by molar-refractivity contribution is 0.0523. The van der Waals surface area contributed by atoms with Gasteiger partial charge in [-0.3, -0.25) is 0 Å². The number of alkyl halides is 1. The molecule has 15 heavy (non-hydrogen) atoms. The van der Waals surface area contributed by atoms with Gasteiger partial charge in [0.1, 0.15) is 11.8 Å². The van der Waals surface area contributed by atoms with Gasteiger partial charge in [-0.2, -0.15) is 0 Å². The second-order valence-electron chi connectivity index (χ2n) is 4.82. The number of carbonyl (C=O) groups is 1. The second-order valence-corrected chi connectivity index (χ2v) is 4.82. The molecule has 0 saturated carbocycles. The summed E-state index contributed by atoms with van der Waals surface area (Å²) in [5, 5.41) is 5.59. The number of hydrogen-bond acceptors (Lipinski definition) is 3. The molecule has 1 amide bonds. The predicted octanol–water partition coefficient (Wildman–Crippen LogP) is 1.21. The van der Waals surface area contributed by atoms with Crippen molar-refractivity contribution in [2.45, 2.75) is 45.0 Å². The van der Waals surface area contributed by atoms with Crippen molar-refractivity contribution in [2.24, 2.45) is 0 Å². The van der Waals surface area contributed by atoms with E-state index in [4.69, 9.17) is 4.74 Å². The summed E-state index contributed by atoms with van der Waals surface area (Å²) in [4.78, 5) is 11.2. The third kappa shape index (κ3) is 4.97. The summed E-state index contributed by atoms with van der Waals surface area (Å²) in [6.45, 7) is 6.20. The van der Waals surface area contributed by atoms with Gasteiger partial charge >= 0.3 is 6.09 Å². The molecule has 1 aliphatic heterocycles. The van der Waals surface area contributed by atoms with Crippen LogP contribution in [0.3, 0.4) is 0 Å². The zero-order valence-corrected chi connectivity index (χ0v) is 9.47. The van der Waals surface area contributed by atoms with E-state index in [1.165, 1.54) is 0 Å². The number of hydrogen-bond donors (Lipinski definition) is 2. The standard InChI is InChI=1S/C10H19FN2O2/c1-10(2,3)15-9(14)13-6-8-4-7(11)5-12-8/h7-8,12H,4-6H2,1-3H3,(H,13,14)/t7-,8-/m1/s1. The van der Waals surface area contributed by atoms with Gasteiger partial charge in [-0.05, 0) is 27.2 Å². The van der Waals surface area contributed by atoms with E-state index in [0.717, 1.165) is 0 Å². The zero-order chi connectivity index (χ0) is 11.5. The third-order valence-electron chi connectivity index (χ3n) is 2.06. The first-order valence-corrected chi connectivity index (χ1v) is 5.21. The van der Waals surface area contributed by atoms with Gasteiger partial charge in [0.05, 0.1) is 0 Å². The molecule has 4 nitrogen and oxygen atoms in total. The number of rotatable bonds is 2. The summed E-state index contributed by atoms with van der Waals surface area (Å²) in [7, 11) is 0. The summed E-state index contributed by atoms with van der Waals surface area (Å²) < 4.78 is 17.8. The fraction of sp³-hybridized carbons (Fsp3) is 0.900. The fourth-order valence-electron chi connectivity index (χ4n) is 1.45. The lowest BCUT2D eigenvalue weighted by Crippen LogP contribution is -2.39. The van der Waals surface area contributed by atoms with E-state index in [2.05, 4.69) is 10.6 Å². The summed E-state index contributed by atoms with van der Waals surface area (Å²) in [6.07, 6.45) is -0.794. The molecule has 2 atom stereocenters. The Kier molecular flexibility index (Phi) is 3.90. The van der Waals surface area contributed by atoms with E-state index in [-0.39, 0.29) is 6.04 Å². The van der Waals surface area contributed by atoms with Crippen molar-refractivity contribution in [1.29, 1.82) is 0 Å². The van der Waals surface area contributed by atoms with Gasteiger partial charge in [0, 0.05) is 19.1 Å². The maximum atomic E-state index is 12.8. The molecule has 0 spiro atoms. The van der Waals surface area contributed by atoms with Gasteiger partial charge in [-0.15, -0.1) is 0 Å². The molecule has 0 aromatic heterocycles. The molecule has 1 heterocycles. The van der Waals surface area contributed by atoms with E-state index in [9.17, 15) is 9.18 Å². The first-order chi connectivity index (χ1) is 6.87. The van der Waals surface area contributed by atoms with Crippen LogP contribution in [0, 0.1) is 0 Å². The smallest absolute Gasteiger partial charge is 0.407 e. The number of amides is 1. The maximum Gasteiger partial charge on any atom is 0.407 e. The van der Waals surface area contributed by atoms with Crippen molar-refractivity contribution in [1.82, 2.24) is 10.6 Å². The van der Waals surface area contributed by atoms with Crippen molar-refractivity contribution in [3.05, 3.63) is 0 Å².